The summed E-state index contributed by atoms with van der Waals surface area (Å²) in [6.45, 7) is 1.89. The van der Waals surface area contributed by atoms with Gasteiger partial charge in [-0.3, -0.25) is 4.98 Å². The second-order valence-electron chi connectivity index (χ2n) is 5.03. The summed E-state index contributed by atoms with van der Waals surface area (Å²) in [5.41, 5.74) is 8.64. The van der Waals surface area contributed by atoms with Crippen LogP contribution in [0.5, 0.6) is 5.75 Å². The van der Waals surface area contributed by atoms with Crippen LogP contribution < -0.4 is 15.8 Å². The summed E-state index contributed by atoms with van der Waals surface area (Å²) in [6.07, 6.45) is 1.79. The maximum atomic E-state index is 5.84. The number of benzene rings is 2. The van der Waals surface area contributed by atoms with E-state index in [1.165, 1.54) is 0 Å². The van der Waals surface area contributed by atoms with Crippen LogP contribution in [0.1, 0.15) is 5.56 Å². The highest BCUT2D eigenvalue weighted by molar-refractivity contribution is 5.91. The summed E-state index contributed by atoms with van der Waals surface area (Å²) in [4.78, 5) is 4.41. The molecule has 3 N–H and O–H groups in total. The van der Waals surface area contributed by atoms with Crippen molar-refractivity contribution in [3.05, 3.63) is 66.4 Å². The molecule has 0 spiro atoms. The van der Waals surface area contributed by atoms with Crippen LogP contribution in [0.25, 0.3) is 10.9 Å². The molecule has 22 heavy (non-hydrogen) atoms. The van der Waals surface area contributed by atoms with Crippen molar-refractivity contribution in [2.45, 2.75) is 6.61 Å². The van der Waals surface area contributed by atoms with Gasteiger partial charge in [-0.15, -0.1) is 0 Å². The van der Waals surface area contributed by atoms with Gasteiger partial charge in [0, 0.05) is 36.4 Å². The average Bonchev–Trinajstić information content (AvgIpc) is 2.58. The molecule has 0 unspecified atom stereocenters. The van der Waals surface area contributed by atoms with E-state index in [-0.39, 0.29) is 0 Å². The van der Waals surface area contributed by atoms with E-state index in [0.29, 0.717) is 13.2 Å². The van der Waals surface area contributed by atoms with Crippen LogP contribution in [0.2, 0.25) is 0 Å². The van der Waals surface area contributed by atoms with E-state index >= 15 is 0 Å². The van der Waals surface area contributed by atoms with Gasteiger partial charge in [0.1, 0.15) is 12.4 Å². The van der Waals surface area contributed by atoms with Crippen LogP contribution in [0, 0.1) is 0 Å². The zero-order valence-electron chi connectivity index (χ0n) is 12.3. The first-order valence-electron chi connectivity index (χ1n) is 7.36. The number of nitrogens with two attached hydrogens (primary N) is 1. The van der Waals surface area contributed by atoms with Crippen LogP contribution in [-0.2, 0) is 6.61 Å². The second-order valence-corrected chi connectivity index (χ2v) is 5.03. The number of hydrogen-bond donors (Lipinski definition) is 2. The molecular weight excluding hydrogens is 274 g/mol. The molecule has 0 fully saturated rings. The minimum Gasteiger partial charge on any atom is -0.489 e. The standard InChI is InChI=1S/C18H19N3O/c19-9-11-21-17-8-10-20-18-12-15(6-7-16(17)18)22-13-14-4-2-1-3-5-14/h1-8,10,12H,9,11,13,19H2,(H,20,21). The third kappa shape index (κ3) is 3.35. The SMILES string of the molecule is NCCNc1ccnc2cc(OCc3ccccc3)ccc12. The molecule has 0 radical (unpaired) electrons. The Morgan fingerprint density at radius 3 is 2.73 bits per heavy atom. The van der Waals surface area contributed by atoms with Crippen LogP contribution in [-0.4, -0.2) is 18.1 Å². The first-order valence-corrected chi connectivity index (χ1v) is 7.36. The minimum atomic E-state index is 0.553. The molecule has 0 saturated heterocycles. The van der Waals surface area contributed by atoms with E-state index in [1.54, 1.807) is 6.20 Å². The van der Waals surface area contributed by atoms with Crippen LogP contribution in [0.3, 0.4) is 0 Å². The van der Waals surface area contributed by atoms with Gasteiger partial charge >= 0.3 is 0 Å². The van der Waals surface area contributed by atoms with E-state index in [1.807, 2.05) is 54.6 Å². The average molecular weight is 293 g/mol. The van der Waals surface area contributed by atoms with Gasteiger partial charge in [0.15, 0.2) is 0 Å². The Bertz CT molecular complexity index is 744. The zero-order valence-corrected chi connectivity index (χ0v) is 12.3. The second kappa shape index (κ2) is 6.91. The number of nitrogens with one attached hydrogen (secondary N) is 1. The van der Waals surface area contributed by atoms with E-state index in [4.69, 9.17) is 10.5 Å². The Morgan fingerprint density at radius 1 is 1.05 bits per heavy atom. The van der Waals surface area contributed by atoms with Gasteiger partial charge in [0.2, 0.25) is 0 Å². The minimum absolute atomic E-state index is 0.553. The highest BCUT2D eigenvalue weighted by Crippen LogP contribution is 2.25. The third-order valence-corrected chi connectivity index (χ3v) is 3.42. The highest BCUT2D eigenvalue weighted by atomic mass is 16.5. The van der Waals surface area contributed by atoms with Crippen LogP contribution in [0.4, 0.5) is 5.69 Å². The number of ether oxygens (including phenoxy) is 1. The number of anilines is 1. The van der Waals surface area contributed by atoms with Gasteiger partial charge in [-0.1, -0.05) is 30.3 Å². The Kier molecular flexibility index (Phi) is 4.51. The van der Waals surface area contributed by atoms with E-state index in [9.17, 15) is 0 Å². The predicted molar refractivity (Wildman–Crippen MR) is 90.1 cm³/mol. The molecule has 0 aliphatic heterocycles. The van der Waals surface area contributed by atoms with E-state index in [2.05, 4.69) is 10.3 Å². The number of hydrogen-bond acceptors (Lipinski definition) is 4. The number of nitrogens with zero attached hydrogens (tertiary/aromatic N) is 1. The van der Waals surface area contributed by atoms with Crippen molar-refractivity contribution < 1.29 is 4.74 Å². The largest absolute Gasteiger partial charge is 0.489 e. The molecule has 0 aliphatic rings. The fourth-order valence-corrected chi connectivity index (χ4v) is 2.32. The lowest BCUT2D eigenvalue weighted by Gasteiger charge is -2.10. The summed E-state index contributed by atoms with van der Waals surface area (Å²) < 4.78 is 5.84. The molecule has 1 heterocycles. The van der Waals surface area contributed by atoms with Crippen molar-refractivity contribution in [1.82, 2.24) is 4.98 Å². The smallest absolute Gasteiger partial charge is 0.122 e. The quantitative estimate of drug-likeness (QED) is 0.733. The summed E-state index contributed by atoms with van der Waals surface area (Å²) in [5, 5.41) is 4.38. The predicted octanol–water partition coefficient (Wildman–Crippen LogP) is 3.18. The van der Waals surface area contributed by atoms with Crippen molar-refractivity contribution in [1.29, 1.82) is 0 Å². The Hall–Kier alpha value is -2.59. The molecular formula is C18H19N3O. The van der Waals surface area contributed by atoms with E-state index in [0.717, 1.165) is 34.4 Å². The van der Waals surface area contributed by atoms with Crippen molar-refractivity contribution in [3.63, 3.8) is 0 Å². The summed E-state index contributed by atoms with van der Waals surface area (Å²) in [7, 11) is 0. The lowest BCUT2D eigenvalue weighted by Crippen LogP contribution is -2.13. The van der Waals surface area contributed by atoms with Gasteiger partial charge in [-0.05, 0) is 23.8 Å². The molecule has 0 aliphatic carbocycles. The maximum Gasteiger partial charge on any atom is 0.122 e. The third-order valence-electron chi connectivity index (χ3n) is 3.42. The molecule has 1 aromatic heterocycles. The Morgan fingerprint density at radius 2 is 1.91 bits per heavy atom. The van der Waals surface area contributed by atoms with Crippen molar-refractivity contribution in [2.75, 3.05) is 18.4 Å². The first kappa shape index (κ1) is 14.4. The molecule has 0 bridgehead atoms. The Labute approximate surface area is 129 Å². The van der Waals surface area contributed by atoms with Gasteiger partial charge in [-0.25, -0.2) is 0 Å². The fraction of sp³-hybridized carbons (Fsp3) is 0.167. The Balaban J connectivity index is 1.78. The van der Waals surface area contributed by atoms with Crippen molar-refractivity contribution >= 4 is 16.6 Å². The van der Waals surface area contributed by atoms with Gasteiger partial charge in [0.05, 0.1) is 5.52 Å². The van der Waals surface area contributed by atoms with Gasteiger partial charge < -0.3 is 15.8 Å². The fourth-order valence-electron chi connectivity index (χ4n) is 2.32. The van der Waals surface area contributed by atoms with Crippen LogP contribution in [0.15, 0.2) is 60.8 Å². The maximum absolute atomic E-state index is 5.84. The normalized spacial score (nSPS) is 10.6. The number of pyridine rings is 1. The molecule has 3 aromatic rings. The number of fused-ring (bicyclic) bond motifs is 1. The topological polar surface area (TPSA) is 60.2 Å². The molecule has 112 valence electrons. The lowest BCUT2D eigenvalue weighted by atomic mass is 10.1. The molecule has 0 saturated carbocycles. The summed E-state index contributed by atoms with van der Waals surface area (Å²) in [6, 6.07) is 18.0. The molecule has 2 aromatic carbocycles. The van der Waals surface area contributed by atoms with Gasteiger partial charge in [-0.2, -0.15) is 0 Å². The highest BCUT2D eigenvalue weighted by Gasteiger charge is 2.03. The number of aromatic nitrogens is 1. The van der Waals surface area contributed by atoms with Gasteiger partial charge in [0.25, 0.3) is 0 Å². The molecule has 4 nitrogen and oxygen atoms in total. The van der Waals surface area contributed by atoms with Crippen molar-refractivity contribution in [3.8, 4) is 5.75 Å². The van der Waals surface area contributed by atoms with E-state index < -0.39 is 0 Å². The van der Waals surface area contributed by atoms with Crippen LogP contribution >= 0.6 is 0 Å². The molecule has 4 heteroatoms. The molecule has 3 rings (SSSR count). The first-order chi connectivity index (χ1) is 10.9. The summed E-state index contributed by atoms with van der Waals surface area (Å²) >= 11 is 0. The lowest BCUT2D eigenvalue weighted by molar-refractivity contribution is 0.306. The monoisotopic (exact) mass is 293 g/mol. The van der Waals surface area contributed by atoms with Crippen molar-refractivity contribution in [2.24, 2.45) is 5.73 Å². The molecule has 0 amide bonds. The zero-order chi connectivity index (χ0) is 15.2. The molecule has 0 atom stereocenters. The number of rotatable bonds is 6. The summed E-state index contributed by atoms with van der Waals surface area (Å²) in [5.74, 6) is 0.819.